The van der Waals surface area contributed by atoms with Crippen molar-refractivity contribution in [2.24, 2.45) is 0 Å². The Balaban J connectivity index is 1.77. The first-order valence-corrected chi connectivity index (χ1v) is 7.56. The Hall–Kier alpha value is -1.73. The molecule has 7 heteroatoms. The number of carbonyl (C=O) groups excluding carboxylic acids is 2. The van der Waals surface area contributed by atoms with E-state index in [1.807, 2.05) is 11.4 Å². The molecule has 0 spiro atoms. The Morgan fingerprint density at radius 2 is 2.15 bits per heavy atom. The zero-order valence-electron chi connectivity index (χ0n) is 10.4. The van der Waals surface area contributed by atoms with Gasteiger partial charge < -0.3 is 10.6 Å². The van der Waals surface area contributed by atoms with Gasteiger partial charge in [-0.05, 0) is 18.2 Å². The molecular formula is C13H12BrN3O2S. The number of hydrogen-bond acceptors (Lipinski definition) is 4. The molecule has 0 atom stereocenters. The van der Waals surface area contributed by atoms with Crippen molar-refractivity contribution in [3.63, 3.8) is 0 Å². The summed E-state index contributed by atoms with van der Waals surface area (Å²) >= 11 is 4.76. The summed E-state index contributed by atoms with van der Waals surface area (Å²) in [7, 11) is 0. The fourth-order valence-corrected chi connectivity index (χ4v) is 2.43. The van der Waals surface area contributed by atoms with Gasteiger partial charge in [-0.2, -0.15) is 0 Å². The molecule has 0 aliphatic heterocycles. The van der Waals surface area contributed by atoms with E-state index in [1.165, 1.54) is 11.3 Å². The van der Waals surface area contributed by atoms with Crippen molar-refractivity contribution in [2.45, 2.75) is 6.54 Å². The van der Waals surface area contributed by atoms with Crippen LogP contribution >= 0.6 is 27.3 Å². The summed E-state index contributed by atoms with van der Waals surface area (Å²) < 4.78 is 0.818. The predicted molar refractivity (Wildman–Crippen MR) is 80.4 cm³/mol. The van der Waals surface area contributed by atoms with Crippen molar-refractivity contribution in [1.29, 1.82) is 0 Å². The number of rotatable bonds is 5. The molecule has 20 heavy (non-hydrogen) atoms. The molecule has 104 valence electrons. The zero-order chi connectivity index (χ0) is 14.4. The summed E-state index contributed by atoms with van der Waals surface area (Å²) in [5.74, 6) is -0.531. The Kier molecular flexibility index (Phi) is 5.25. The predicted octanol–water partition coefficient (Wildman–Crippen LogP) is 1.95. The van der Waals surface area contributed by atoms with Crippen LogP contribution < -0.4 is 10.6 Å². The van der Waals surface area contributed by atoms with Gasteiger partial charge in [0, 0.05) is 15.4 Å². The number of halogens is 1. The molecule has 0 aliphatic rings. The van der Waals surface area contributed by atoms with Crippen LogP contribution in [0.25, 0.3) is 0 Å². The Morgan fingerprint density at radius 3 is 2.85 bits per heavy atom. The highest BCUT2D eigenvalue weighted by molar-refractivity contribution is 9.10. The number of benzene rings is 1. The van der Waals surface area contributed by atoms with Gasteiger partial charge in [-0.25, -0.2) is 4.98 Å². The quantitative estimate of drug-likeness (QED) is 0.862. The van der Waals surface area contributed by atoms with E-state index in [0.29, 0.717) is 12.1 Å². The topological polar surface area (TPSA) is 71.1 Å². The summed E-state index contributed by atoms with van der Waals surface area (Å²) in [6.07, 6.45) is 0. The first-order valence-electron chi connectivity index (χ1n) is 5.82. The molecule has 1 aromatic heterocycles. The second-order valence-electron chi connectivity index (χ2n) is 3.95. The molecule has 2 amide bonds. The van der Waals surface area contributed by atoms with Crippen molar-refractivity contribution < 1.29 is 9.59 Å². The van der Waals surface area contributed by atoms with Crippen molar-refractivity contribution in [3.8, 4) is 0 Å². The van der Waals surface area contributed by atoms with Gasteiger partial charge >= 0.3 is 0 Å². The zero-order valence-corrected chi connectivity index (χ0v) is 12.8. The molecule has 1 heterocycles. The van der Waals surface area contributed by atoms with Crippen LogP contribution in [0.5, 0.6) is 0 Å². The molecule has 0 saturated carbocycles. The van der Waals surface area contributed by atoms with E-state index in [4.69, 9.17) is 0 Å². The third-order valence-electron chi connectivity index (χ3n) is 2.45. The highest BCUT2D eigenvalue weighted by Gasteiger charge is 2.08. The van der Waals surface area contributed by atoms with E-state index in [9.17, 15) is 9.59 Å². The Morgan fingerprint density at radius 1 is 1.30 bits per heavy atom. The molecule has 0 bridgehead atoms. The highest BCUT2D eigenvalue weighted by atomic mass is 79.9. The largest absolute Gasteiger partial charge is 0.349 e. The van der Waals surface area contributed by atoms with Crippen LogP contribution in [0, 0.1) is 0 Å². The molecule has 0 fully saturated rings. The number of thiazole rings is 1. The molecule has 0 unspecified atom stereocenters. The summed E-state index contributed by atoms with van der Waals surface area (Å²) in [4.78, 5) is 27.4. The smallest absolute Gasteiger partial charge is 0.251 e. The van der Waals surface area contributed by atoms with Gasteiger partial charge in [-0.3, -0.25) is 9.59 Å². The number of aromatic nitrogens is 1. The number of hydrogen-bond donors (Lipinski definition) is 2. The molecule has 1 aromatic carbocycles. The number of amides is 2. The van der Waals surface area contributed by atoms with Crippen LogP contribution in [-0.4, -0.2) is 23.3 Å². The Bertz CT molecular complexity index is 601. The lowest BCUT2D eigenvalue weighted by Gasteiger charge is -2.06. The van der Waals surface area contributed by atoms with Crippen LogP contribution in [-0.2, 0) is 11.3 Å². The fourth-order valence-electron chi connectivity index (χ4n) is 1.47. The van der Waals surface area contributed by atoms with Crippen LogP contribution in [0.2, 0.25) is 0 Å². The van der Waals surface area contributed by atoms with Crippen LogP contribution in [0.1, 0.15) is 16.1 Å². The molecular weight excluding hydrogens is 342 g/mol. The summed E-state index contributed by atoms with van der Waals surface area (Å²) in [6.45, 7) is 0.310. The molecule has 2 N–H and O–H groups in total. The number of carbonyl (C=O) groups is 2. The lowest BCUT2D eigenvalue weighted by Crippen LogP contribution is -2.36. The average Bonchev–Trinajstić information content (AvgIpc) is 2.95. The maximum absolute atomic E-state index is 11.8. The van der Waals surface area contributed by atoms with Gasteiger partial charge in [0.15, 0.2) is 0 Å². The van der Waals surface area contributed by atoms with Crippen molar-refractivity contribution >= 4 is 39.1 Å². The van der Waals surface area contributed by atoms with Gasteiger partial charge in [-0.15, -0.1) is 11.3 Å². The fraction of sp³-hybridized carbons (Fsp3) is 0.154. The lowest BCUT2D eigenvalue weighted by molar-refractivity contribution is -0.120. The van der Waals surface area contributed by atoms with Crippen LogP contribution in [0.3, 0.4) is 0 Å². The van der Waals surface area contributed by atoms with Gasteiger partial charge in [-0.1, -0.05) is 22.0 Å². The van der Waals surface area contributed by atoms with Crippen molar-refractivity contribution in [3.05, 3.63) is 50.9 Å². The molecule has 0 aliphatic carbocycles. The van der Waals surface area contributed by atoms with Gasteiger partial charge in [0.25, 0.3) is 5.91 Å². The van der Waals surface area contributed by atoms with Crippen molar-refractivity contribution in [1.82, 2.24) is 15.6 Å². The molecule has 2 aromatic rings. The summed E-state index contributed by atoms with van der Waals surface area (Å²) in [6, 6.07) is 6.98. The second-order valence-corrected chi connectivity index (χ2v) is 5.58. The lowest BCUT2D eigenvalue weighted by atomic mass is 10.2. The average molecular weight is 354 g/mol. The minimum Gasteiger partial charge on any atom is -0.349 e. The maximum atomic E-state index is 11.8. The van der Waals surface area contributed by atoms with E-state index in [1.54, 1.807) is 23.7 Å². The number of nitrogens with zero attached hydrogens (tertiary/aromatic N) is 1. The molecule has 0 radical (unpaired) electrons. The highest BCUT2D eigenvalue weighted by Crippen LogP contribution is 2.11. The van der Waals surface area contributed by atoms with E-state index < -0.39 is 0 Å². The standard InChI is InChI=1S/C13H12BrN3O2S/c14-10-3-1-2-9(4-10)13(19)16-6-12(18)15-5-11-7-20-8-17-11/h1-4,7-8H,5-6H2,(H,15,18)(H,16,19). The normalized spacial score (nSPS) is 10.1. The van der Waals surface area contributed by atoms with Crippen LogP contribution in [0.4, 0.5) is 0 Å². The monoisotopic (exact) mass is 353 g/mol. The first-order chi connectivity index (χ1) is 9.65. The van der Waals surface area contributed by atoms with Gasteiger partial charge in [0.05, 0.1) is 24.3 Å². The number of nitrogens with one attached hydrogen (secondary N) is 2. The van der Waals surface area contributed by atoms with E-state index in [-0.39, 0.29) is 18.4 Å². The van der Waals surface area contributed by atoms with Gasteiger partial charge in [0.1, 0.15) is 0 Å². The molecule has 5 nitrogen and oxygen atoms in total. The Labute approximate surface area is 128 Å². The summed E-state index contributed by atoms with van der Waals surface area (Å²) in [5.41, 5.74) is 3.02. The van der Waals surface area contributed by atoms with E-state index in [2.05, 4.69) is 31.5 Å². The maximum Gasteiger partial charge on any atom is 0.251 e. The third-order valence-corrected chi connectivity index (χ3v) is 3.57. The van der Waals surface area contributed by atoms with Crippen molar-refractivity contribution in [2.75, 3.05) is 6.54 Å². The minimum absolute atomic E-state index is 0.0600. The third kappa shape index (κ3) is 4.43. The SMILES string of the molecule is O=C(CNC(=O)c1cccc(Br)c1)NCc1cscn1. The molecule has 0 saturated heterocycles. The van der Waals surface area contributed by atoms with Crippen LogP contribution in [0.15, 0.2) is 39.6 Å². The minimum atomic E-state index is -0.282. The van der Waals surface area contributed by atoms with E-state index in [0.717, 1.165) is 10.2 Å². The van der Waals surface area contributed by atoms with Gasteiger partial charge in [0.2, 0.25) is 5.91 Å². The first kappa shape index (κ1) is 14.7. The second kappa shape index (κ2) is 7.16. The molecule has 2 rings (SSSR count). The van der Waals surface area contributed by atoms with E-state index >= 15 is 0 Å². The summed E-state index contributed by atoms with van der Waals surface area (Å²) in [5, 5.41) is 7.11.